The summed E-state index contributed by atoms with van der Waals surface area (Å²) in [4.78, 5) is 31.3. The van der Waals surface area contributed by atoms with Crippen LogP contribution in [0.25, 0.3) is 22.5 Å². The zero-order valence-corrected chi connectivity index (χ0v) is 22.5. The average Bonchev–Trinajstić information content (AvgIpc) is 3.50. The number of nitrogens with one attached hydrogen (secondary N) is 3. The van der Waals surface area contributed by atoms with Crippen LogP contribution in [-0.4, -0.2) is 95.3 Å². The number of ether oxygens (including phenoxy) is 1. The highest BCUT2D eigenvalue weighted by atomic mass is 16.5. The second-order valence-electron chi connectivity index (χ2n) is 10.6. The number of carbonyl (C=O) groups is 2. The van der Waals surface area contributed by atoms with Crippen molar-refractivity contribution in [2.75, 3.05) is 57.8 Å². The number of hydrogen-bond donors (Lipinski definition) is 3. The Morgan fingerprint density at radius 1 is 1.00 bits per heavy atom. The molecule has 0 atom stereocenters. The van der Waals surface area contributed by atoms with Crippen LogP contribution < -0.4 is 10.7 Å². The first-order valence-electron chi connectivity index (χ1n) is 13.7. The lowest BCUT2D eigenvalue weighted by Gasteiger charge is -2.36. The van der Waals surface area contributed by atoms with Crippen molar-refractivity contribution in [1.82, 2.24) is 30.4 Å². The molecule has 3 heterocycles. The molecule has 10 nitrogen and oxygen atoms in total. The molecule has 3 aromatic rings. The van der Waals surface area contributed by atoms with E-state index < -0.39 is 0 Å². The van der Waals surface area contributed by atoms with Gasteiger partial charge >= 0.3 is 6.03 Å². The van der Waals surface area contributed by atoms with E-state index in [1.807, 2.05) is 17.1 Å². The third kappa shape index (κ3) is 5.20. The van der Waals surface area contributed by atoms with Gasteiger partial charge in [-0.05, 0) is 25.5 Å². The second kappa shape index (κ2) is 10.9. The molecule has 1 aliphatic carbocycles. The van der Waals surface area contributed by atoms with E-state index in [1.165, 1.54) is 5.56 Å². The van der Waals surface area contributed by atoms with Gasteiger partial charge in [0.25, 0.3) is 0 Å². The van der Waals surface area contributed by atoms with Gasteiger partial charge < -0.3 is 10.1 Å². The van der Waals surface area contributed by atoms with Crippen LogP contribution in [0.1, 0.15) is 35.3 Å². The number of aromatic amines is 1. The SMILES string of the molecule is CC(C)N1CCN(Cc2ccc(-c3[nH]nc4c3C(=O)c3c(NC(=O)NN5CCOCC5)cccc3-4)cc2)CC1. The number of morpholine rings is 1. The largest absolute Gasteiger partial charge is 0.379 e. The maximum atomic E-state index is 13.7. The number of fused-ring (bicyclic) bond motifs is 3. The molecule has 2 aliphatic heterocycles. The van der Waals surface area contributed by atoms with E-state index in [1.54, 1.807) is 6.07 Å². The first-order valence-corrected chi connectivity index (χ1v) is 13.7. The van der Waals surface area contributed by atoms with Crippen molar-refractivity contribution in [1.29, 1.82) is 0 Å². The molecule has 0 bridgehead atoms. The Morgan fingerprint density at radius 2 is 1.74 bits per heavy atom. The molecule has 39 heavy (non-hydrogen) atoms. The summed E-state index contributed by atoms with van der Waals surface area (Å²) in [7, 11) is 0. The molecule has 204 valence electrons. The standard InChI is InChI=1S/C29H35N7O3/c1-19(2)35-12-10-34(11-13-35)18-20-6-8-21(9-7-20)26-25-27(32-31-26)22-4-3-5-23(24(22)28(25)37)30-29(38)33-36-14-16-39-17-15-36/h3-9,19H,10-18H2,1-2H3,(H,31,32)(H2,30,33,38). The zero-order chi connectivity index (χ0) is 26.9. The lowest BCUT2D eigenvalue weighted by atomic mass is 10.0. The van der Waals surface area contributed by atoms with Crippen molar-refractivity contribution in [3.63, 3.8) is 0 Å². The lowest BCUT2D eigenvalue weighted by Crippen LogP contribution is -2.49. The first-order chi connectivity index (χ1) is 19.0. The van der Waals surface area contributed by atoms with E-state index in [4.69, 9.17) is 4.74 Å². The maximum absolute atomic E-state index is 13.7. The van der Waals surface area contributed by atoms with Crippen molar-refractivity contribution < 1.29 is 14.3 Å². The number of amides is 2. The first kappa shape index (κ1) is 25.7. The fraction of sp³-hybridized carbons (Fsp3) is 0.414. The minimum atomic E-state index is -0.384. The third-order valence-corrected chi connectivity index (χ3v) is 7.84. The topological polar surface area (TPSA) is 106 Å². The molecule has 2 amide bonds. The van der Waals surface area contributed by atoms with Crippen molar-refractivity contribution >= 4 is 17.5 Å². The number of carbonyl (C=O) groups excluding carboxylic acids is 2. The third-order valence-electron chi connectivity index (χ3n) is 7.84. The van der Waals surface area contributed by atoms with Crippen LogP contribution >= 0.6 is 0 Å². The number of hydrazine groups is 1. The predicted octanol–water partition coefficient (Wildman–Crippen LogP) is 3.18. The Morgan fingerprint density at radius 3 is 2.46 bits per heavy atom. The number of hydrogen-bond acceptors (Lipinski definition) is 7. The summed E-state index contributed by atoms with van der Waals surface area (Å²) in [5, 5.41) is 12.3. The molecule has 2 aromatic carbocycles. The van der Waals surface area contributed by atoms with E-state index >= 15 is 0 Å². The number of nitrogens with zero attached hydrogens (tertiary/aromatic N) is 4. The minimum Gasteiger partial charge on any atom is -0.379 e. The Hall–Kier alpha value is -3.57. The number of ketones is 1. The minimum absolute atomic E-state index is 0.141. The van der Waals surface area contributed by atoms with Gasteiger partial charge in [-0.15, -0.1) is 0 Å². The van der Waals surface area contributed by atoms with Crippen molar-refractivity contribution in [2.45, 2.75) is 26.4 Å². The highest BCUT2D eigenvalue weighted by Crippen LogP contribution is 2.42. The molecule has 2 saturated heterocycles. The molecular weight excluding hydrogens is 494 g/mol. The van der Waals surface area contributed by atoms with Crippen LogP contribution in [0.2, 0.25) is 0 Å². The molecule has 0 radical (unpaired) electrons. The molecule has 3 N–H and O–H groups in total. The Balaban J connectivity index is 1.16. The molecule has 0 unspecified atom stereocenters. The number of aromatic nitrogens is 2. The Kier molecular flexibility index (Phi) is 7.18. The molecule has 2 fully saturated rings. The van der Waals surface area contributed by atoms with E-state index in [-0.39, 0.29) is 11.8 Å². The van der Waals surface area contributed by atoms with E-state index in [0.29, 0.717) is 60.5 Å². The molecule has 6 rings (SSSR count). The number of H-pyrrole nitrogens is 1. The van der Waals surface area contributed by atoms with Crippen LogP contribution in [0.3, 0.4) is 0 Å². The summed E-state index contributed by atoms with van der Waals surface area (Å²) in [6, 6.07) is 14.0. The summed E-state index contributed by atoms with van der Waals surface area (Å²) in [5.74, 6) is -0.141. The van der Waals surface area contributed by atoms with Crippen LogP contribution in [0.4, 0.5) is 10.5 Å². The summed E-state index contributed by atoms with van der Waals surface area (Å²) >= 11 is 0. The van der Waals surface area contributed by atoms with Gasteiger partial charge in [-0.25, -0.2) is 9.80 Å². The van der Waals surface area contributed by atoms with Gasteiger partial charge in [0.1, 0.15) is 5.69 Å². The number of urea groups is 1. The van der Waals surface area contributed by atoms with Crippen molar-refractivity contribution in [3.05, 3.63) is 59.2 Å². The molecule has 0 spiro atoms. The highest BCUT2D eigenvalue weighted by molar-refractivity contribution is 6.26. The predicted molar refractivity (Wildman–Crippen MR) is 149 cm³/mol. The second-order valence-corrected chi connectivity index (χ2v) is 10.6. The quantitative estimate of drug-likeness (QED) is 0.352. The van der Waals surface area contributed by atoms with Gasteiger partial charge in [-0.3, -0.25) is 25.1 Å². The van der Waals surface area contributed by atoms with E-state index in [0.717, 1.165) is 43.9 Å². The Bertz CT molecular complexity index is 1350. The molecule has 3 aliphatic rings. The highest BCUT2D eigenvalue weighted by Gasteiger charge is 2.35. The van der Waals surface area contributed by atoms with E-state index in [9.17, 15) is 9.59 Å². The molecule has 1 aromatic heterocycles. The monoisotopic (exact) mass is 529 g/mol. The van der Waals surface area contributed by atoms with Gasteiger partial charge in [-0.2, -0.15) is 5.10 Å². The normalized spacial score (nSPS) is 18.3. The lowest BCUT2D eigenvalue weighted by molar-refractivity contribution is 0.0207. The summed E-state index contributed by atoms with van der Waals surface area (Å²) in [6.07, 6.45) is 0. The van der Waals surface area contributed by atoms with Crippen molar-refractivity contribution in [2.24, 2.45) is 0 Å². The van der Waals surface area contributed by atoms with Crippen LogP contribution in [0, 0.1) is 0 Å². The van der Waals surface area contributed by atoms with Crippen LogP contribution in [0.15, 0.2) is 42.5 Å². The van der Waals surface area contributed by atoms with Crippen LogP contribution in [-0.2, 0) is 11.3 Å². The summed E-state index contributed by atoms with van der Waals surface area (Å²) < 4.78 is 5.33. The van der Waals surface area contributed by atoms with Gasteiger partial charge in [-0.1, -0.05) is 36.4 Å². The number of benzene rings is 2. The summed E-state index contributed by atoms with van der Waals surface area (Å²) in [6.45, 7) is 12.1. The maximum Gasteiger partial charge on any atom is 0.333 e. The Labute approximate surface area is 228 Å². The number of rotatable bonds is 6. The fourth-order valence-electron chi connectivity index (χ4n) is 5.63. The average molecular weight is 530 g/mol. The zero-order valence-electron chi connectivity index (χ0n) is 22.5. The number of piperazine rings is 1. The smallest absolute Gasteiger partial charge is 0.333 e. The van der Waals surface area contributed by atoms with Gasteiger partial charge in [0.15, 0.2) is 5.78 Å². The molecule has 0 saturated carbocycles. The molecular formula is C29H35N7O3. The fourth-order valence-corrected chi connectivity index (χ4v) is 5.63. The summed E-state index contributed by atoms with van der Waals surface area (Å²) in [5.41, 5.74) is 8.53. The van der Waals surface area contributed by atoms with Gasteiger partial charge in [0.05, 0.1) is 35.7 Å². The van der Waals surface area contributed by atoms with Gasteiger partial charge in [0, 0.05) is 63.0 Å². The molecule has 10 heteroatoms. The van der Waals surface area contributed by atoms with Gasteiger partial charge in [0.2, 0.25) is 0 Å². The van der Waals surface area contributed by atoms with Crippen LogP contribution in [0.5, 0.6) is 0 Å². The number of anilines is 1. The van der Waals surface area contributed by atoms with Crippen molar-refractivity contribution in [3.8, 4) is 22.5 Å². The van der Waals surface area contributed by atoms with E-state index in [2.05, 4.69) is 68.9 Å².